The molecular formula is C21H23NO4S. The summed E-state index contributed by atoms with van der Waals surface area (Å²) in [7, 11) is -3.74. The monoisotopic (exact) mass is 385 g/mol. The molecule has 2 aromatic carbocycles. The standard InChI is InChI=1S/C21H23NO4S/c1-15-9-11-18(12-10-15)27(23,24)22-16(2)19-20(26-19)21(22,3)14-25-13-17-7-5-4-6-8-17/h4-12,19-20H,2,13-14H2,1,3H3/t19-,20-,21+/m0/s1. The zero-order valence-corrected chi connectivity index (χ0v) is 16.3. The number of hydrogen-bond acceptors (Lipinski definition) is 4. The Morgan fingerprint density at radius 3 is 2.48 bits per heavy atom. The number of aryl methyl sites for hydroxylation is 1. The molecule has 0 radical (unpaired) electrons. The Bertz CT molecular complexity index is 955. The van der Waals surface area contributed by atoms with Gasteiger partial charge in [-0.1, -0.05) is 54.6 Å². The molecule has 3 atom stereocenters. The van der Waals surface area contributed by atoms with Gasteiger partial charge < -0.3 is 9.47 Å². The van der Waals surface area contributed by atoms with Crippen LogP contribution in [0.3, 0.4) is 0 Å². The average molecular weight is 385 g/mol. The number of epoxide rings is 1. The summed E-state index contributed by atoms with van der Waals surface area (Å²) in [6.45, 7) is 8.43. The van der Waals surface area contributed by atoms with Crippen molar-refractivity contribution in [3.05, 3.63) is 78.0 Å². The Balaban J connectivity index is 1.58. The normalized spacial score (nSPS) is 26.9. The summed E-state index contributed by atoms with van der Waals surface area (Å²) in [5, 5.41) is 0. The van der Waals surface area contributed by atoms with E-state index in [0.29, 0.717) is 12.3 Å². The van der Waals surface area contributed by atoms with Crippen LogP contribution in [0.15, 0.2) is 71.8 Å². The molecule has 142 valence electrons. The smallest absolute Gasteiger partial charge is 0.264 e. The SMILES string of the molecule is C=C1[C@@H]2O[C@@H]2[C@@](C)(COCc2ccccc2)N1S(=O)(=O)c1ccc(C)cc1. The largest absolute Gasteiger partial charge is 0.374 e. The quantitative estimate of drug-likeness (QED) is 0.716. The van der Waals surface area contributed by atoms with Crippen molar-refractivity contribution >= 4 is 10.0 Å². The molecule has 2 heterocycles. The molecule has 0 bridgehead atoms. The lowest BCUT2D eigenvalue weighted by molar-refractivity contribution is 0.0254. The summed E-state index contributed by atoms with van der Waals surface area (Å²) in [6, 6.07) is 16.7. The zero-order valence-electron chi connectivity index (χ0n) is 15.5. The molecule has 0 unspecified atom stereocenters. The molecule has 4 rings (SSSR count). The van der Waals surface area contributed by atoms with Crippen LogP contribution in [0.5, 0.6) is 0 Å². The molecule has 27 heavy (non-hydrogen) atoms. The van der Waals surface area contributed by atoms with Crippen LogP contribution in [0.25, 0.3) is 0 Å². The van der Waals surface area contributed by atoms with Crippen molar-refractivity contribution in [3.8, 4) is 0 Å². The number of rotatable bonds is 6. The molecule has 0 aromatic heterocycles. The van der Waals surface area contributed by atoms with Crippen LogP contribution in [0.2, 0.25) is 0 Å². The minimum absolute atomic E-state index is 0.221. The minimum atomic E-state index is -3.74. The Morgan fingerprint density at radius 1 is 1.15 bits per heavy atom. The van der Waals surface area contributed by atoms with Gasteiger partial charge in [-0.2, -0.15) is 0 Å². The second kappa shape index (κ2) is 6.48. The molecule has 2 aromatic rings. The van der Waals surface area contributed by atoms with Crippen molar-refractivity contribution < 1.29 is 17.9 Å². The summed E-state index contributed by atoms with van der Waals surface area (Å²) in [5.74, 6) is 0. The highest BCUT2D eigenvalue weighted by molar-refractivity contribution is 7.89. The maximum Gasteiger partial charge on any atom is 0.264 e. The fourth-order valence-corrected chi connectivity index (χ4v) is 5.54. The van der Waals surface area contributed by atoms with Crippen LogP contribution < -0.4 is 0 Å². The van der Waals surface area contributed by atoms with Gasteiger partial charge in [-0.05, 0) is 31.5 Å². The number of ether oxygens (including phenoxy) is 2. The number of nitrogens with zero attached hydrogens (tertiary/aromatic N) is 1. The Morgan fingerprint density at radius 2 is 1.81 bits per heavy atom. The van der Waals surface area contributed by atoms with E-state index in [1.807, 2.05) is 44.2 Å². The van der Waals surface area contributed by atoms with Gasteiger partial charge in [0.25, 0.3) is 10.0 Å². The van der Waals surface area contributed by atoms with Crippen molar-refractivity contribution in [2.24, 2.45) is 0 Å². The van der Waals surface area contributed by atoms with Gasteiger partial charge in [0.05, 0.1) is 23.8 Å². The number of fused-ring (bicyclic) bond motifs is 1. The second-order valence-corrected chi connectivity index (χ2v) is 9.17. The highest BCUT2D eigenvalue weighted by Gasteiger charge is 2.67. The Kier molecular flexibility index (Phi) is 4.37. The highest BCUT2D eigenvalue weighted by atomic mass is 32.2. The van der Waals surface area contributed by atoms with Crippen molar-refractivity contribution in [2.45, 2.75) is 43.1 Å². The molecule has 5 nitrogen and oxygen atoms in total. The first-order chi connectivity index (χ1) is 12.8. The Labute approximate surface area is 160 Å². The summed E-state index contributed by atoms with van der Waals surface area (Å²) in [4.78, 5) is 0.254. The molecular weight excluding hydrogens is 362 g/mol. The molecule has 0 saturated carbocycles. The Hall–Kier alpha value is -2.15. The maximum atomic E-state index is 13.3. The van der Waals surface area contributed by atoms with E-state index in [-0.39, 0.29) is 23.7 Å². The van der Waals surface area contributed by atoms with Crippen LogP contribution >= 0.6 is 0 Å². The number of sulfonamides is 1. The van der Waals surface area contributed by atoms with Gasteiger partial charge in [-0.25, -0.2) is 8.42 Å². The third-order valence-corrected chi connectivity index (χ3v) is 7.22. The van der Waals surface area contributed by atoms with Gasteiger partial charge in [0, 0.05) is 0 Å². The predicted octanol–water partition coefficient (Wildman–Crippen LogP) is 3.26. The van der Waals surface area contributed by atoms with Crippen molar-refractivity contribution in [1.82, 2.24) is 4.31 Å². The lowest BCUT2D eigenvalue weighted by Gasteiger charge is -2.37. The van der Waals surface area contributed by atoms with E-state index in [2.05, 4.69) is 6.58 Å². The van der Waals surface area contributed by atoms with Gasteiger partial charge in [0.15, 0.2) is 0 Å². The van der Waals surface area contributed by atoms with Gasteiger partial charge in [0.2, 0.25) is 0 Å². The van der Waals surface area contributed by atoms with Crippen LogP contribution in [0.4, 0.5) is 0 Å². The lowest BCUT2D eigenvalue weighted by Crippen LogP contribution is -2.52. The molecule has 6 heteroatoms. The van der Waals surface area contributed by atoms with Crippen LogP contribution in [0, 0.1) is 6.92 Å². The van der Waals surface area contributed by atoms with Crippen molar-refractivity contribution in [1.29, 1.82) is 0 Å². The van der Waals surface area contributed by atoms with Gasteiger partial charge in [-0.3, -0.25) is 4.31 Å². The van der Waals surface area contributed by atoms with E-state index in [4.69, 9.17) is 9.47 Å². The molecule has 2 fully saturated rings. The molecule has 2 aliphatic heterocycles. The fraction of sp³-hybridized carbons (Fsp3) is 0.333. The van der Waals surface area contributed by atoms with E-state index >= 15 is 0 Å². The third kappa shape index (κ3) is 3.08. The van der Waals surface area contributed by atoms with E-state index < -0.39 is 15.6 Å². The van der Waals surface area contributed by atoms with Gasteiger partial charge in [0.1, 0.15) is 17.7 Å². The summed E-state index contributed by atoms with van der Waals surface area (Å²) in [5.41, 5.74) is 1.71. The fourth-order valence-electron chi connectivity index (χ4n) is 3.73. The van der Waals surface area contributed by atoms with Gasteiger partial charge >= 0.3 is 0 Å². The van der Waals surface area contributed by atoms with Crippen molar-refractivity contribution in [2.75, 3.05) is 6.61 Å². The predicted molar refractivity (Wildman–Crippen MR) is 103 cm³/mol. The topological polar surface area (TPSA) is 59.1 Å². The van der Waals surface area contributed by atoms with E-state index in [0.717, 1.165) is 11.1 Å². The summed E-state index contributed by atoms with van der Waals surface area (Å²) >= 11 is 0. The lowest BCUT2D eigenvalue weighted by atomic mass is 10.0. The van der Waals surface area contributed by atoms with E-state index in [1.165, 1.54) is 4.31 Å². The summed E-state index contributed by atoms with van der Waals surface area (Å²) in [6.07, 6.45) is -0.475. The first-order valence-electron chi connectivity index (χ1n) is 8.92. The second-order valence-electron chi connectivity index (χ2n) is 7.39. The minimum Gasteiger partial charge on any atom is -0.374 e. The number of morpholine rings is 1. The number of hydrogen-bond donors (Lipinski definition) is 0. The molecule has 0 spiro atoms. The number of benzene rings is 2. The molecule has 2 saturated heterocycles. The average Bonchev–Trinajstić information content (AvgIpc) is 3.40. The maximum absolute atomic E-state index is 13.3. The van der Waals surface area contributed by atoms with Crippen LogP contribution in [-0.2, 0) is 26.1 Å². The molecule has 2 aliphatic rings. The van der Waals surface area contributed by atoms with Crippen LogP contribution in [-0.4, -0.2) is 37.1 Å². The molecule has 0 amide bonds. The van der Waals surface area contributed by atoms with Crippen LogP contribution in [0.1, 0.15) is 18.1 Å². The third-order valence-electron chi connectivity index (χ3n) is 5.22. The highest BCUT2D eigenvalue weighted by Crippen LogP contribution is 2.52. The molecule has 0 N–H and O–H groups in total. The van der Waals surface area contributed by atoms with Crippen molar-refractivity contribution in [3.63, 3.8) is 0 Å². The first-order valence-corrected chi connectivity index (χ1v) is 10.4. The molecule has 0 aliphatic carbocycles. The van der Waals surface area contributed by atoms with Gasteiger partial charge in [-0.15, -0.1) is 0 Å². The van der Waals surface area contributed by atoms with E-state index in [9.17, 15) is 8.42 Å². The van der Waals surface area contributed by atoms with E-state index in [1.54, 1.807) is 24.3 Å². The zero-order chi connectivity index (χ0) is 19.2. The summed E-state index contributed by atoms with van der Waals surface area (Å²) < 4.78 is 39.6. The first kappa shape index (κ1) is 18.2.